The smallest absolute Gasteiger partial charge is 0.230 e. The quantitative estimate of drug-likeness (QED) is 0.446. The lowest BCUT2D eigenvalue weighted by Gasteiger charge is -2.27. The van der Waals surface area contributed by atoms with E-state index >= 15 is 0 Å². The van der Waals surface area contributed by atoms with Crippen molar-refractivity contribution in [2.75, 3.05) is 11.9 Å². The van der Waals surface area contributed by atoms with Gasteiger partial charge in [-0.2, -0.15) is 0 Å². The lowest BCUT2D eigenvalue weighted by atomic mass is 9.94. The largest absolute Gasteiger partial charge is 0.317 e. The van der Waals surface area contributed by atoms with Gasteiger partial charge < -0.3 is 10.2 Å². The summed E-state index contributed by atoms with van der Waals surface area (Å²) < 4.78 is 69.2. The van der Waals surface area contributed by atoms with Gasteiger partial charge in [0.15, 0.2) is 23.3 Å². The molecule has 1 heterocycles. The van der Waals surface area contributed by atoms with E-state index in [0.29, 0.717) is 24.9 Å². The monoisotopic (exact) mass is 412 g/mol. The Morgan fingerprint density at radius 1 is 1.03 bits per heavy atom. The third kappa shape index (κ3) is 3.99. The van der Waals surface area contributed by atoms with Gasteiger partial charge in [-0.15, -0.1) is 0 Å². The Bertz CT molecular complexity index is 905. The summed E-state index contributed by atoms with van der Waals surface area (Å²) in [7, 11) is 1.76. The fraction of sp³-hybridized carbons (Fsp3) is 0.381. The molecule has 0 aromatic heterocycles. The Morgan fingerprint density at radius 3 is 2.24 bits per heavy atom. The molecule has 2 aromatic rings. The molecule has 1 aliphatic heterocycles. The molecule has 8 heteroatoms. The first-order chi connectivity index (χ1) is 13.8. The molecule has 1 aliphatic rings. The molecule has 0 saturated heterocycles. The van der Waals surface area contributed by atoms with E-state index in [1.54, 1.807) is 31.3 Å². The van der Waals surface area contributed by atoms with Gasteiger partial charge in [0.2, 0.25) is 11.7 Å². The molecule has 156 valence electrons. The van der Waals surface area contributed by atoms with E-state index in [-0.39, 0.29) is 6.04 Å². The second-order valence-corrected chi connectivity index (χ2v) is 7.26. The molecule has 0 fully saturated rings. The van der Waals surface area contributed by atoms with Gasteiger partial charge in [0.25, 0.3) is 0 Å². The predicted octanol–water partition coefficient (Wildman–Crippen LogP) is 4.48. The number of hydrogen-bond acceptors (Lipinski definition) is 2. The molecule has 1 amide bonds. The molecule has 2 aromatic carbocycles. The summed E-state index contributed by atoms with van der Waals surface area (Å²) in [5.41, 5.74) is 0.178. The van der Waals surface area contributed by atoms with Crippen LogP contribution < -0.4 is 10.2 Å². The standard InChI is InChI=1S/C21H21F5N2O/c1-11(27-2)9-13-8-7-12-5-3-4-6-15(12)28(21(13)29)10-14-16(22)18(24)20(26)19(25)17(14)23/h3-6,11,13,27H,7-10H2,1-2H3/t11-,13?/m0/s1. The Labute approximate surface area is 165 Å². The van der Waals surface area contributed by atoms with E-state index in [1.165, 1.54) is 0 Å². The number of carbonyl (C=O) groups is 1. The second kappa shape index (κ2) is 8.49. The summed E-state index contributed by atoms with van der Waals surface area (Å²) in [4.78, 5) is 14.3. The number of amides is 1. The Kier molecular flexibility index (Phi) is 6.21. The highest BCUT2D eigenvalue weighted by Crippen LogP contribution is 2.34. The number of benzene rings is 2. The van der Waals surface area contributed by atoms with Gasteiger partial charge in [-0.05, 0) is 44.9 Å². The van der Waals surface area contributed by atoms with Crippen LogP contribution in [0.4, 0.5) is 27.6 Å². The number of anilines is 1. The van der Waals surface area contributed by atoms with Crippen LogP contribution in [0.1, 0.15) is 30.9 Å². The molecule has 1 unspecified atom stereocenters. The fourth-order valence-electron chi connectivity index (χ4n) is 3.65. The first-order valence-electron chi connectivity index (χ1n) is 9.33. The maximum atomic E-state index is 14.3. The van der Waals surface area contributed by atoms with Crippen LogP contribution in [0.15, 0.2) is 24.3 Å². The van der Waals surface area contributed by atoms with E-state index in [1.807, 2.05) is 6.92 Å². The molecule has 3 nitrogen and oxygen atoms in total. The third-order valence-electron chi connectivity index (χ3n) is 5.41. The van der Waals surface area contributed by atoms with E-state index in [9.17, 15) is 26.7 Å². The number of nitrogens with one attached hydrogen (secondary N) is 1. The van der Waals surface area contributed by atoms with Crippen LogP contribution in [0.5, 0.6) is 0 Å². The zero-order valence-electron chi connectivity index (χ0n) is 16.0. The maximum absolute atomic E-state index is 14.3. The molecule has 0 bridgehead atoms. The molecule has 0 spiro atoms. The van der Waals surface area contributed by atoms with E-state index < -0.39 is 53.0 Å². The van der Waals surface area contributed by atoms with Crippen molar-refractivity contribution in [3.8, 4) is 0 Å². The second-order valence-electron chi connectivity index (χ2n) is 7.26. The summed E-state index contributed by atoms with van der Waals surface area (Å²) in [6.07, 6.45) is 1.57. The van der Waals surface area contributed by atoms with Crippen molar-refractivity contribution in [2.45, 2.75) is 38.8 Å². The number of rotatable bonds is 5. The van der Waals surface area contributed by atoms with Crippen molar-refractivity contribution in [3.05, 3.63) is 64.5 Å². The van der Waals surface area contributed by atoms with E-state index in [4.69, 9.17) is 0 Å². The van der Waals surface area contributed by atoms with Crippen LogP contribution in [0, 0.1) is 35.0 Å². The Morgan fingerprint density at radius 2 is 1.62 bits per heavy atom. The van der Waals surface area contributed by atoms with Crippen molar-refractivity contribution < 1.29 is 26.7 Å². The van der Waals surface area contributed by atoms with Crippen LogP contribution in [0.25, 0.3) is 0 Å². The summed E-state index contributed by atoms with van der Waals surface area (Å²) in [6.45, 7) is 1.16. The molecule has 0 saturated carbocycles. The maximum Gasteiger partial charge on any atom is 0.230 e. The molecule has 0 radical (unpaired) electrons. The normalized spacial score (nSPS) is 17.8. The van der Waals surface area contributed by atoms with Crippen LogP contribution in [0.2, 0.25) is 0 Å². The zero-order valence-corrected chi connectivity index (χ0v) is 16.0. The fourth-order valence-corrected chi connectivity index (χ4v) is 3.65. The van der Waals surface area contributed by atoms with Gasteiger partial charge in [-0.3, -0.25) is 4.79 Å². The summed E-state index contributed by atoms with van der Waals surface area (Å²) in [5.74, 6) is -10.9. The summed E-state index contributed by atoms with van der Waals surface area (Å²) in [5, 5.41) is 3.05. The minimum atomic E-state index is -2.22. The topological polar surface area (TPSA) is 32.3 Å². The number of carbonyl (C=O) groups excluding carboxylic acids is 1. The van der Waals surface area contributed by atoms with Crippen molar-refractivity contribution in [2.24, 2.45) is 5.92 Å². The van der Waals surface area contributed by atoms with Crippen molar-refractivity contribution in [1.29, 1.82) is 0 Å². The highest BCUT2D eigenvalue weighted by Gasteiger charge is 2.34. The minimum Gasteiger partial charge on any atom is -0.317 e. The molecule has 2 atom stereocenters. The highest BCUT2D eigenvalue weighted by molar-refractivity contribution is 5.96. The molecule has 29 heavy (non-hydrogen) atoms. The lowest BCUT2D eigenvalue weighted by Crippen LogP contribution is -2.38. The highest BCUT2D eigenvalue weighted by atomic mass is 19.2. The first-order valence-corrected chi connectivity index (χ1v) is 9.33. The third-order valence-corrected chi connectivity index (χ3v) is 5.41. The van der Waals surface area contributed by atoms with E-state index in [0.717, 1.165) is 10.5 Å². The van der Waals surface area contributed by atoms with E-state index in [2.05, 4.69) is 5.32 Å². The number of nitrogens with zero attached hydrogens (tertiary/aromatic N) is 1. The van der Waals surface area contributed by atoms with Gasteiger partial charge in [0.1, 0.15) is 0 Å². The summed E-state index contributed by atoms with van der Waals surface area (Å²) >= 11 is 0. The lowest BCUT2D eigenvalue weighted by molar-refractivity contribution is -0.123. The minimum absolute atomic E-state index is 0.0150. The molecular formula is C21H21F5N2O. The average molecular weight is 412 g/mol. The number of para-hydroxylation sites is 1. The molecule has 0 aliphatic carbocycles. The number of halogens is 5. The number of hydrogen-bond donors (Lipinski definition) is 1. The van der Waals surface area contributed by atoms with Gasteiger partial charge in [0, 0.05) is 23.2 Å². The number of fused-ring (bicyclic) bond motifs is 1. The van der Waals surface area contributed by atoms with Crippen molar-refractivity contribution in [1.82, 2.24) is 5.32 Å². The molecular weight excluding hydrogens is 391 g/mol. The van der Waals surface area contributed by atoms with Gasteiger partial charge >= 0.3 is 0 Å². The first kappa shape index (κ1) is 21.2. The van der Waals surface area contributed by atoms with Gasteiger partial charge in [0.05, 0.1) is 6.54 Å². The summed E-state index contributed by atoms with van der Waals surface area (Å²) in [6, 6.07) is 6.85. The SMILES string of the molecule is CN[C@@H](C)CC1CCc2ccccc2N(Cc2c(F)c(F)c(F)c(F)c2F)C1=O. The van der Waals surface area contributed by atoms with Crippen LogP contribution in [-0.2, 0) is 17.8 Å². The van der Waals surface area contributed by atoms with Crippen molar-refractivity contribution in [3.63, 3.8) is 0 Å². The zero-order chi connectivity index (χ0) is 21.3. The number of aryl methyl sites for hydroxylation is 1. The predicted molar refractivity (Wildman–Crippen MR) is 98.8 cm³/mol. The van der Waals surface area contributed by atoms with Gasteiger partial charge in [-0.1, -0.05) is 18.2 Å². The Hall–Kier alpha value is -2.48. The van der Waals surface area contributed by atoms with Crippen LogP contribution in [0.3, 0.4) is 0 Å². The average Bonchev–Trinajstić information content (AvgIpc) is 2.85. The Balaban J connectivity index is 2.06. The van der Waals surface area contributed by atoms with Crippen LogP contribution >= 0.6 is 0 Å². The molecule has 1 N–H and O–H groups in total. The van der Waals surface area contributed by atoms with Gasteiger partial charge in [-0.25, -0.2) is 22.0 Å². The molecule has 3 rings (SSSR count). The van der Waals surface area contributed by atoms with Crippen molar-refractivity contribution >= 4 is 11.6 Å². The van der Waals surface area contributed by atoms with Crippen LogP contribution in [-0.4, -0.2) is 19.0 Å².